The van der Waals surface area contributed by atoms with Gasteiger partial charge in [-0.05, 0) is 61.4 Å². The fourth-order valence-corrected chi connectivity index (χ4v) is 5.73. The summed E-state index contributed by atoms with van der Waals surface area (Å²) in [5.41, 5.74) is 0.252. The minimum atomic E-state index is -0.958. The molecule has 2 bridgehead atoms. The van der Waals surface area contributed by atoms with Crippen molar-refractivity contribution in [3.63, 3.8) is 0 Å². The summed E-state index contributed by atoms with van der Waals surface area (Å²) in [5, 5.41) is 13.3. The van der Waals surface area contributed by atoms with Crippen LogP contribution in [0, 0.1) is 24.0 Å². The van der Waals surface area contributed by atoms with E-state index in [1.54, 1.807) is 6.92 Å². The first-order valence-electron chi connectivity index (χ1n) is 11.1. The summed E-state index contributed by atoms with van der Waals surface area (Å²) in [5.74, 6) is -0.889. The summed E-state index contributed by atoms with van der Waals surface area (Å²) in [6.45, 7) is 1.35. The Kier molecular flexibility index (Phi) is 5.56. The second kappa shape index (κ2) is 8.20. The molecule has 0 saturated heterocycles. The average Bonchev–Trinajstić information content (AvgIpc) is 2.73. The van der Waals surface area contributed by atoms with E-state index in [-0.39, 0.29) is 46.4 Å². The lowest BCUT2D eigenvalue weighted by molar-refractivity contribution is -0.175. The predicted octanol–water partition coefficient (Wildman–Crippen LogP) is 4.19. The van der Waals surface area contributed by atoms with Gasteiger partial charge in [0.1, 0.15) is 23.1 Å². The van der Waals surface area contributed by atoms with Crippen LogP contribution in [0.4, 0.5) is 8.78 Å². The fourth-order valence-electron chi connectivity index (χ4n) is 5.61. The molecule has 1 heterocycles. The van der Waals surface area contributed by atoms with Gasteiger partial charge in [0.2, 0.25) is 0 Å². The monoisotopic (exact) mass is 491 g/mol. The molecule has 2 N–H and O–H groups in total. The van der Waals surface area contributed by atoms with Gasteiger partial charge in [0.15, 0.2) is 18.5 Å². The number of fused-ring (bicyclic) bond motifs is 1. The lowest BCUT2D eigenvalue weighted by Gasteiger charge is -2.70. The largest absolute Gasteiger partial charge is 0.484 e. The molecule has 180 valence electrons. The van der Waals surface area contributed by atoms with Gasteiger partial charge in [0.25, 0.3) is 5.91 Å². The van der Waals surface area contributed by atoms with Gasteiger partial charge in [-0.25, -0.2) is 8.78 Å². The van der Waals surface area contributed by atoms with Crippen molar-refractivity contribution in [1.82, 2.24) is 5.32 Å². The van der Waals surface area contributed by atoms with Gasteiger partial charge in [-0.15, -0.1) is 0 Å². The Morgan fingerprint density at radius 1 is 1.21 bits per heavy atom. The van der Waals surface area contributed by atoms with Crippen molar-refractivity contribution in [3.05, 3.63) is 58.1 Å². The zero-order chi connectivity index (χ0) is 24.3. The van der Waals surface area contributed by atoms with Crippen LogP contribution in [-0.2, 0) is 9.59 Å². The number of benzene rings is 2. The van der Waals surface area contributed by atoms with E-state index >= 15 is 0 Å². The summed E-state index contributed by atoms with van der Waals surface area (Å²) in [7, 11) is 0. The molecule has 6 nitrogen and oxygen atoms in total. The molecule has 2 aromatic carbocycles. The first-order chi connectivity index (χ1) is 16.1. The lowest BCUT2D eigenvalue weighted by Crippen LogP contribution is -2.75. The predicted molar refractivity (Wildman–Crippen MR) is 119 cm³/mol. The van der Waals surface area contributed by atoms with Gasteiger partial charge < -0.3 is 19.9 Å². The van der Waals surface area contributed by atoms with Crippen LogP contribution < -0.4 is 14.8 Å². The van der Waals surface area contributed by atoms with E-state index in [1.807, 2.05) is 0 Å². The number of aliphatic hydroxyl groups excluding tert-OH is 1. The van der Waals surface area contributed by atoms with E-state index in [2.05, 4.69) is 5.32 Å². The molecule has 0 aromatic heterocycles. The number of hydrogen-bond donors (Lipinski definition) is 2. The minimum absolute atomic E-state index is 0.0214. The number of aliphatic hydroxyl groups is 1. The number of nitrogens with one attached hydrogen (secondary N) is 1. The van der Waals surface area contributed by atoms with Crippen LogP contribution in [0.3, 0.4) is 0 Å². The molecule has 9 heteroatoms. The Morgan fingerprint density at radius 2 is 1.94 bits per heavy atom. The van der Waals surface area contributed by atoms with E-state index in [9.17, 15) is 23.5 Å². The van der Waals surface area contributed by atoms with Gasteiger partial charge in [-0.1, -0.05) is 11.6 Å². The molecule has 3 saturated carbocycles. The number of amides is 1. The van der Waals surface area contributed by atoms with E-state index < -0.39 is 23.8 Å². The lowest BCUT2D eigenvalue weighted by atomic mass is 9.38. The molecule has 2 atom stereocenters. The third kappa shape index (κ3) is 4.14. The quantitative estimate of drug-likeness (QED) is 0.606. The summed E-state index contributed by atoms with van der Waals surface area (Å²) < 4.78 is 38.4. The minimum Gasteiger partial charge on any atom is -0.484 e. The zero-order valence-corrected chi connectivity index (χ0v) is 19.3. The molecule has 1 amide bonds. The van der Waals surface area contributed by atoms with Crippen LogP contribution in [-0.4, -0.2) is 35.0 Å². The van der Waals surface area contributed by atoms with Crippen LogP contribution in [0.1, 0.15) is 49.3 Å². The molecule has 2 aromatic rings. The number of halogens is 3. The number of rotatable bonds is 7. The number of ether oxygens (including phenoxy) is 2. The molecular formula is C25H24ClF2NO5. The highest BCUT2D eigenvalue weighted by Crippen LogP contribution is 2.69. The molecule has 34 heavy (non-hydrogen) atoms. The van der Waals surface area contributed by atoms with Crippen molar-refractivity contribution in [2.45, 2.75) is 56.8 Å². The Bertz CT molecular complexity index is 1170. The summed E-state index contributed by atoms with van der Waals surface area (Å²) >= 11 is 5.63. The molecule has 2 unspecified atom stereocenters. The third-order valence-corrected chi connectivity index (χ3v) is 7.38. The highest BCUT2D eigenvalue weighted by Gasteiger charge is 2.68. The standard InChI is InChI=1S/C25H24ClF2NO5/c1-13-4-21-15(6-17(13)27)19(30)7-22(34-21)20(31)8-24-10-25(11-24,12-24)29-23(32)9-33-14-2-3-16(26)18(28)5-14/h2-6,19,22,30H,7-12H2,1H3,(H,29,32). The molecule has 0 spiro atoms. The Morgan fingerprint density at radius 3 is 2.65 bits per heavy atom. The Labute approximate surface area is 200 Å². The molecule has 1 aliphatic heterocycles. The summed E-state index contributed by atoms with van der Waals surface area (Å²) in [4.78, 5) is 25.2. The van der Waals surface area contributed by atoms with E-state index in [4.69, 9.17) is 21.1 Å². The molecule has 3 fully saturated rings. The molecule has 0 radical (unpaired) electrons. The molecule has 3 aliphatic carbocycles. The Balaban J connectivity index is 1.11. The topological polar surface area (TPSA) is 84.9 Å². The maximum absolute atomic E-state index is 13.8. The van der Waals surface area contributed by atoms with Gasteiger partial charge in [0, 0.05) is 30.0 Å². The first kappa shape index (κ1) is 23.1. The maximum atomic E-state index is 13.8. The van der Waals surface area contributed by atoms with E-state index in [0.717, 1.165) is 6.07 Å². The number of Topliss-reactive ketones (excluding diaryl/α,β-unsaturated/α-hetero) is 1. The zero-order valence-electron chi connectivity index (χ0n) is 18.5. The van der Waals surface area contributed by atoms with Gasteiger partial charge in [-0.2, -0.15) is 0 Å². The number of carbonyl (C=O) groups excluding carboxylic acids is 2. The van der Waals surface area contributed by atoms with Crippen molar-refractivity contribution >= 4 is 23.3 Å². The van der Waals surface area contributed by atoms with Gasteiger partial charge >= 0.3 is 0 Å². The molecule has 6 rings (SSSR count). The van der Waals surface area contributed by atoms with E-state index in [0.29, 0.717) is 42.6 Å². The second-order valence-electron chi connectivity index (χ2n) is 9.86. The summed E-state index contributed by atoms with van der Waals surface area (Å²) in [6, 6.07) is 6.74. The normalized spacial score (nSPS) is 28.6. The second-order valence-corrected chi connectivity index (χ2v) is 10.3. The van der Waals surface area contributed by atoms with Crippen LogP contribution in [0.2, 0.25) is 5.02 Å². The van der Waals surface area contributed by atoms with Crippen LogP contribution in [0.15, 0.2) is 30.3 Å². The van der Waals surface area contributed by atoms with Crippen LogP contribution in [0.25, 0.3) is 0 Å². The third-order valence-electron chi connectivity index (χ3n) is 7.07. The van der Waals surface area contributed by atoms with Crippen molar-refractivity contribution in [3.8, 4) is 11.5 Å². The van der Waals surface area contributed by atoms with Crippen LogP contribution in [0.5, 0.6) is 11.5 Å². The van der Waals surface area contributed by atoms with Crippen molar-refractivity contribution in [1.29, 1.82) is 0 Å². The SMILES string of the molecule is Cc1cc2c(cc1F)C(O)CC(C(=O)CC13CC(NC(=O)COc4ccc(Cl)c(F)c4)(C1)C3)O2. The van der Waals surface area contributed by atoms with Crippen LogP contribution >= 0.6 is 11.6 Å². The molecule has 4 aliphatic rings. The van der Waals surface area contributed by atoms with Gasteiger partial charge in [-0.3, -0.25) is 9.59 Å². The number of hydrogen-bond acceptors (Lipinski definition) is 5. The number of ketones is 1. The Hall–Kier alpha value is -2.71. The maximum Gasteiger partial charge on any atom is 0.258 e. The fraction of sp³-hybridized carbons (Fsp3) is 0.440. The van der Waals surface area contributed by atoms with Gasteiger partial charge in [0.05, 0.1) is 11.1 Å². The van der Waals surface area contributed by atoms with E-state index in [1.165, 1.54) is 24.3 Å². The first-order valence-corrected chi connectivity index (χ1v) is 11.5. The number of aryl methyl sites for hydroxylation is 1. The number of carbonyl (C=O) groups is 2. The molecular weight excluding hydrogens is 468 g/mol. The van der Waals surface area contributed by atoms with Crippen molar-refractivity contribution in [2.24, 2.45) is 5.41 Å². The summed E-state index contributed by atoms with van der Waals surface area (Å²) in [6.07, 6.45) is 0.712. The smallest absolute Gasteiger partial charge is 0.258 e. The highest BCUT2D eigenvalue weighted by atomic mass is 35.5. The average molecular weight is 492 g/mol. The highest BCUT2D eigenvalue weighted by molar-refractivity contribution is 6.30. The van der Waals surface area contributed by atoms with Crippen molar-refractivity contribution in [2.75, 3.05) is 6.61 Å². The van der Waals surface area contributed by atoms with Crippen molar-refractivity contribution < 1.29 is 33.0 Å².